The Morgan fingerprint density at radius 1 is 1.09 bits per heavy atom. The van der Waals surface area contributed by atoms with Gasteiger partial charge >= 0.3 is 4.87 Å². The Labute approximate surface area is 138 Å². The number of ether oxygens (including phenoxy) is 1. The molecule has 0 fully saturated rings. The molecule has 3 rings (SSSR count). The molecule has 0 radical (unpaired) electrons. The molecule has 0 aliphatic rings. The van der Waals surface area contributed by atoms with Gasteiger partial charge in [-0.15, -0.1) is 0 Å². The molecule has 23 heavy (non-hydrogen) atoms. The van der Waals surface area contributed by atoms with Gasteiger partial charge in [-0.05, 0) is 30.7 Å². The number of nitrogens with zero attached hydrogens (tertiary/aromatic N) is 1. The third-order valence-electron chi connectivity index (χ3n) is 3.50. The van der Waals surface area contributed by atoms with Crippen LogP contribution in [0.3, 0.4) is 0 Å². The fraction of sp³-hybridized carbons (Fsp3) is 0.167. The molecule has 3 aromatic rings. The summed E-state index contributed by atoms with van der Waals surface area (Å²) in [5, 5.41) is 1.88. The highest BCUT2D eigenvalue weighted by Crippen LogP contribution is 2.22. The van der Waals surface area contributed by atoms with E-state index in [1.165, 1.54) is 11.3 Å². The molecule has 4 nitrogen and oxygen atoms in total. The average molecular weight is 326 g/mol. The van der Waals surface area contributed by atoms with Crippen LogP contribution in [-0.2, 0) is 6.54 Å². The Hall–Kier alpha value is -2.53. The van der Waals surface area contributed by atoms with Crippen molar-refractivity contribution in [3.63, 3.8) is 0 Å². The van der Waals surface area contributed by atoms with Crippen molar-refractivity contribution >= 4 is 17.0 Å². The molecule has 5 heteroatoms. The Kier molecular flexibility index (Phi) is 4.78. The first-order valence-electron chi connectivity index (χ1n) is 7.46. The van der Waals surface area contributed by atoms with E-state index >= 15 is 0 Å². The lowest BCUT2D eigenvalue weighted by Crippen LogP contribution is -2.16. The Bertz CT molecular complexity index is 824. The number of hydrogen-bond acceptors (Lipinski definition) is 4. The second-order valence-corrected chi connectivity index (χ2v) is 6.00. The number of para-hydroxylation sites is 1. The van der Waals surface area contributed by atoms with E-state index in [1.54, 1.807) is 4.57 Å². The summed E-state index contributed by atoms with van der Waals surface area (Å²) < 4.78 is 7.46. The van der Waals surface area contributed by atoms with Crippen LogP contribution in [-0.4, -0.2) is 11.2 Å². The van der Waals surface area contributed by atoms with Crippen LogP contribution in [0.4, 0.5) is 5.69 Å². The predicted molar refractivity (Wildman–Crippen MR) is 95.0 cm³/mol. The second-order valence-electron chi connectivity index (χ2n) is 5.18. The van der Waals surface area contributed by atoms with Gasteiger partial charge in [0.1, 0.15) is 5.75 Å². The minimum absolute atomic E-state index is 0.0436. The summed E-state index contributed by atoms with van der Waals surface area (Å²) in [7, 11) is 0. The maximum Gasteiger partial charge on any atom is 0.307 e. The molecule has 118 valence electrons. The summed E-state index contributed by atoms with van der Waals surface area (Å²) in [6, 6.07) is 17.3. The number of anilines is 1. The van der Waals surface area contributed by atoms with Crippen LogP contribution in [0.1, 0.15) is 6.42 Å². The van der Waals surface area contributed by atoms with Crippen LogP contribution in [0.2, 0.25) is 0 Å². The molecule has 1 heterocycles. The first kappa shape index (κ1) is 15.4. The van der Waals surface area contributed by atoms with Crippen molar-refractivity contribution in [1.82, 2.24) is 4.57 Å². The molecular formula is C18H18N2O2S. The predicted octanol–water partition coefficient (Wildman–Crippen LogP) is 3.63. The lowest BCUT2D eigenvalue weighted by Gasteiger charge is -2.09. The monoisotopic (exact) mass is 326 g/mol. The molecule has 0 saturated heterocycles. The molecule has 0 aliphatic heterocycles. The van der Waals surface area contributed by atoms with Gasteiger partial charge in [0.25, 0.3) is 0 Å². The standard InChI is InChI=1S/C18H18N2O2S/c19-15-7-4-6-14(12-15)17-13-23-18(21)20(17)10-5-11-22-16-8-2-1-3-9-16/h1-4,6-9,12-13H,5,10-11,19H2. The molecule has 2 aromatic carbocycles. The normalized spacial score (nSPS) is 10.6. The quantitative estimate of drug-likeness (QED) is 0.556. The fourth-order valence-electron chi connectivity index (χ4n) is 2.39. The van der Waals surface area contributed by atoms with Crippen LogP contribution < -0.4 is 15.3 Å². The van der Waals surface area contributed by atoms with Gasteiger partial charge in [0.15, 0.2) is 0 Å². The largest absolute Gasteiger partial charge is 0.494 e. The van der Waals surface area contributed by atoms with Crippen molar-refractivity contribution in [1.29, 1.82) is 0 Å². The Balaban J connectivity index is 1.66. The number of thiazole rings is 1. The second kappa shape index (κ2) is 7.15. The number of rotatable bonds is 6. The zero-order valence-corrected chi connectivity index (χ0v) is 13.5. The number of benzene rings is 2. The van der Waals surface area contributed by atoms with E-state index in [0.29, 0.717) is 18.8 Å². The minimum Gasteiger partial charge on any atom is -0.494 e. The third kappa shape index (κ3) is 3.81. The van der Waals surface area contributed by atoms with Crippen molar-refractivity contribution in [2.24, 2.45) is 0 Å². The van der Waals surface area contributed by atoms with E-state index in [1.807, 2.05) is 60.0 Å². The van der Waals surface area contributed by atoms with E-state index < -0.39 is 0 Å². The first-order chi connectivity index (χ1) is 11.2. The molecule has 0 bridgehead atoms. The van der Waals surface area contributed by atoms with Gasteiger partial charge in [0, 0.05) is 23.2 Å². The molecule has 0 saturated carbocycles. The minimum atomic E-state index is 0.0436. The molecule has 2 N–H and O–H groups in total. The van der Waals surface area contributed by atoms with Crippen molar-refractivity contribution in [3.05, 3.63) is 69.6 Å². The van der Waals surface area contributed by atoms with E-state index in [4.69, 9.17) is 10.5 Å². The highest BCUT2D eigenvalue weighted by molar-refractivity contribution is 7.07. The van der Waals surface area contributed by atoms with E-state index in [-0.39, 0.29) is 4.87 Å². The maximum atomic E-state index is 12.1. The number of aromatic nitrogens is 1. The maximum absolute atomic E-state index is 12.1. The van der Waals surface area contributed by atoms with Crippen LogP contribution in [0.5, 0.6) is 5.75 Å². The third-order valence-corrected chi connectivity index (χ3v) is 4.27. The number of nitrogen functional groups attached to an aromatic ring is 1. The van der Waals surface area contributed by atoms with E-state index in [2.05, 4.69) is 0 Å². The van der Waals surface area contributed by atoms with Crippen LogP contribution in [0, 0.1) is 0 Å². The zero-order chi connectivity index (χ0) is 16.1. The molecule has 1 aromatic heterocycles. The van der Waals surface area contributed by atoms with Crippen molar-refractivity contribution < 1.29 is 4.74 Å². The van der Waals surface area contributed by atoms with Gasteiger partial charge < -0.3 is 10.5 Å². The average Bonchev–Trinajstić information content (AvgIpc) is 2.93. The lowest BCUT2D eigenvalue weighted by atomic mass is 10.1. The molecule has 0 amide bonds. The summed E-state index contributed by atoms with van der Waals surface area (Å²) in [5.41, 5.74) is 8.40. The van der Waals surface area contributed by atoms with Gasteiger partial charge in [-0.1, -0.05) is 41.7 Å². The zero-order valence-electron chi connectivity index (χ0n) is 12.6. The van der Waals surface area contributed by atoms with Gasteiger partial charge in [0.05, 0.1) is 12.3 Å². The lowest BCUT2D eigenvalue weighted by molar-refractivity contribution is 0.301. The van der Waals surface area contributed by atoms with Crippen LogP contribution in [0.25, 0.3) is 11.3 Å². The Morgan fingerprint density at radius 3 is 2.70 bits per heavy atom. The Morgan fingerprint density at radius 2 is 1.91 bits per heavy atom. The first-order valence-corrected chi connectivity index (χ1v) is 8.34. The highest BCUT2D eigenvalue weighted by Gasteiger charge is 2.09. The van der Waals surface area contributed by atoms with Gasteiger partial charge in [0.2, 0.25) is 0 Å². The fourth-order valence-corrected chi connectivity index (χ4v) is 3.19. The van der Waals surface area contributed by atoms with Gasteiger partial charge in [-0.2, -0.15) is 0 Å². The van der Waals surface area contributed by atoms with Crippen LogP contribution in [0.15, 0.2) is 64.8 Å². The SMILES string of the molecule is Nc1cccc(-c2csc(=O)n2CCCOc2ccccc2)c1. The summed E-state index contributed by atoms with van der Waals surface area (Å²) >= 11 is 1.21. The number of nitrogens with two attached hydrogens (primary N) is 1. The highest BCUT2D eigenvalue weighted by atomic mass is 32.1. The molecular weight excluding hydrogens is 308 g/mol. The van der Waals surface area contributed by atoms with E-state index in [0.717, 1.165) is 23.4 Å². The summed E-state index contributed by atoms with van der Waals surface area (Å²) in [6.07, 6.45) is 0.765. The van der Waals surface area contributed by atoms with Crippen molar-refractivity contribution in [2.45, 2.75) is 13.0 Å². The van der Waals surface area contributed by atoms with Crippen molar-refractivity contribution in [3.8, 4) is 17.0 Å². The topological polar surface area (TPSA) is 57.2 Å². The summed E-state index contributed by atoms with van der Waals surface area (Å²) in [4.78, 5) is 12.1. The molecule has 0 spiro atoms. The summed E-state index contributed by atoms with van der Waals surface area (Å²) in [5.74, 6) is 0.848. The smallest absolute Gasteiger partial charge is 0.307 e. The molecule has 0 aliphatic carbocycles. The number of hydrogen-bond donors (Lipinski definition) is 1. The molecule has 0 atom stereocenters. The van der Waals surface area contributed by atoms with Gasteiger partial charge in [-0.25, -0.2) is 0 Å². The van der Waals surface area contributed by atoms with Gasteiger partial charge in [-0.3, -0.25) is 9.36 Å². The van der Waals surface area contributed by atoms with E-state index in [9.17, 15) is 4.79 Å². The van der Waals surface area contributed by atoms with Crippen LogP contribution >= 0.6 is 11.3 Å². The summed E-state index contributed by atoms with van der Waals surface area (Å²) in [6.45, 7) is 1.20. The van der Waals surface area contributed by atoms with Crippen molar-refractivity contribution in [2.75, 3.05) is 12.3 Å². The molecule has 0 unspecified atom stereocenters.